The van der Waals surface area contributed by atoms with Gasteiger partial charge in [-0.25, -0.2) is 13.2 Å². The van der Waals surface area contributed by atoms with E-state index in [1.54, 1.807) is 19.2 Å². The van der Waals surface area contributed by atoms with Crippen molar-refractivity contribution in [1.29, 1.82) is 0 Å². The molecular formula is C15H15F3N2. The van der Waals surface area contributed by atoms with Crippen molar-refractivity contribution in [3.63, 3.8) is 0 Å². The van der Waals surface area contributed by atoms with Crippen molar-refractivity contribution in [3.05, 3.63) is 65.0 Å². The van der Waals surface area contributed by atoms with E-state index in [9.17, 15) is 13.2 Å². The highest BCUT2D eigenvalue weighted by molar-refractivity contribution is 5.49. The summed E-state index contributed by atoms with van der Waals surface area (Å²) in [5, 5.41) is 0. The molecule has 2 aromatic rings. The third kappa shape index (κ3) is 2.93. The lowest BCUT2D eigenvalue weighted by atomic mass is 10.1. The zero-order valence-corrected chi connectivity index (χ0v) is 11.0. The van der Waals surface area contributed by atoms with Crippen molar-refractivity contribution in [2.24, 2.45) is 5.73 Å². The third-order valence-electron chi connectivity index (χ3n) is 3.08. The summed E-state index contributed by atoms with van der Waals surface area (Å²) in [6, 6.07) is 8.92. The van der Waals surface area contributed by atoms with Crippen LogP contribution in [0.15, 0.2) is 36.4 Å². The molecule has 0 atom stereocenters. The first-order chi connectivity index (χ1) is 9.52. The lowest BCUT2D eigenvalue weighted by molar-refractivity contribution is 0.498. The predicted molar refractivity (Wildman–Crippen MR) is 72.8 cm³/mol. The highest BCUT2D eigenvalue weighted by atomic mass is 19.2. The fraction of sp³-hybridized carbons (Fsp3) is 0.200. The van der Waals surface area contributed by atoms with Crippen LogP contribution in [0.4, 0.5) is 18.9 Å². The fourth-order valence-corrected chi connectivity index (χ4v) is 2.03. The van der Waals surface area contributed by atoms with Crippen molar-refractivity contribution < 1.29 is 13.2 Å². The Bertz CT molecular complexity index is 614. The molecule has 0 aliphatic heterocycles. The van der Waals surface area contributed by atoms with Crippen LogP contribution in [0.3, 0.4) is 0 Å². The topological polar surface area (TPSA) is 29.3 Å². The van der Waals surface area contributed by atoms with Crippen LogP contribution in [0, 0.1) is 17.5 Å². The molecule has 2 aromatic carbocycles. The van der Waals surface area contributed by atoms with E-state index in [-0.39, 0.29) is 30.2 Å². The SMILES string of the molecule is CN(Cc1cccc(F)c1)c1ccc(CN)c(F)c1F. The summed E-state index contributed by atoms with van der Waals surface area (Å²) in [5.41, 5.74) is 6.24. The van der Waals surface area contributed by atoms with E-state index in [4.69, 9.17) is 5.73 Å². The number of hydrogen-bond donors (Lipinski definition) is 1. The number of halogens is 3. The summed E-state index contributed by atoms with van der Waals surface area (Å²) in [6.07, 6.45) is 0. The van der Waals surface area contributed by atoms with Crippen LogP contribution in [0.5, 0.6) is 0 Å². The van der Waals surface area contributed by atoms with Gasteiger partial charge in [-0.2, -0.15) is 0 Å². The van der Waals surface area contributed by atoms with Crippen molar-refractivity contribution >= 4 is 5.69 Å². The fourth-order valence-electron chi connectivity index (χ4n) is 2.03. The third-order valence-corrected chi connectivity index (χ3v) is 3.08. The molecule has 2 nitrogen and oxygen atoms in total. The maximum atomic E-state index is 13.9. The second-order valence-corrected chi connectivity index (χ2v) is 4.56. The Morgan fingerprint density at radius 1 is 1.05 bits per heavy atom. The molecule has 2 rings (SSSR count). The summed E-state index contributed by atoms with van der Waals surface area (Å²) < 4.78 is 40.7. The van der Waals surface area contributed by atoms with E-state index in [0.717, 1.165) is 0 Å². The summed E-state index contributed by atoms with van der Waals surface area (Å²) >= 11 is 0. The lowest BCUT2D eigenvalue weighted by Crippen LogP contribution is -2.19. The molecule has 0 radical (unpaired) electrons. The predicted octanol–water partition coefficient (Wildman–Crippen LogP) is 3.20. The molecule has 0 heterocycles. The Kier molecular flexibility index (Phi) is 4.29. The summed E-state index contributed by atoms with van der Waals surface area (Å²) in [6.45, 7) is 0.215. The molecule has 0 aliphatic rings. The van der Waals surface area contributed by atoms with Gasteiger partial charge in [0.1, 0.15) is 5.82 Å². The van der Waals surface area contributed by atoms with Crippen LogP contribution >= 0.6 is 0 Å². The number of nitrogens with zero attached hydrogens (tertiary/aromatic N) is 1. The van der Waals surface area contributed by atoms with Gasteiger partial charge in [-0.3, -0.25) is 0 Å². The average Bonchev–Trinajstić information content (AvgIpc) is 2.41. The smallest absolute Gasteiger partial charge is 0.182 e. The molecule has 0 bridgehead atoms. The maximum Gasteiger partial charge on any atom is 0.182 e. The minimum Gasteiger partial charge on any atom is -0.368 e. The molecule has 106 valence electrons. The molecule has 0 aromatic heterocycles. The number of rotatable bonds is 4. The standard InChI is InChI=1S/C15H15F3N2/c1-20(9-10-3-2-4-12(16)7-10)13-6-5-11(8-19)14(17)15(13)18/h2-7H,8-9,19H2,1H3. The van der Waals surface area contributed by atoms with E-state index < -0.39 is 11.6 Å². The van der Waals surface area contributed by atoms with Crippen LogP contribution < -0.4 is 10.6 Å². The van der Waals surface area contributed by atoms with Crippen molar-refractivity contribution in [1.82, 2.24) is 0 Å². The van der Waals surface area contributed by atoms with Crippen molar-refractivity contribution in [2.45, 2.75) is 13.1 Å². The molecular weight excluding hydrogens is 265 g/mol. The molecule has 0 saturated heterocycles. The highest BCUT2D eigenvalue weighted by Gasteiger charge is 2.15. The number of hydrogen-bond acceptors (Lipinski definition) is 2. The molecule has 5 heteroatoms. The zero-order valence-electron chi connectivity index (χ0n) is 11.0. The summed E-state index contributed by atoms with van der Waals surface area (Å²) in [5.74, 6) is -2.23. The zero-order chi connectivity index (χ0) is 14.7. The van der Waals surface area contributed by atoms with Crippen LogP contribution in [0.2, 0.25) is 0 Å². The molecule has 0 aliphatic carbocycles. The van der Waals surface area contributed by atoms with E-state index >= 15 is 0 Å². The van der Waals surface area contributed by atoms with Gasteiger partial charge in [0.25, 0.3) is 0 Å². The van der Waals surface area contributed by atoms with Gasteiger partial charge in [0.05, 0.1) is 5.69 Å². The first-order valence-corrected chi connectivity index (χ1v) is 6.15. The lowest BCUT2D eigenvalue weighted by Gasteiger charge is -2.21. The van der Waals surface area contributed by atoms with Gasteiger partial charge in [0.2, 0.25) is 0 Å². The molecule has 0 saturated carbocycles. The van der Waals surface area contributed by atoms with Crippen molar-refractivity contribution in [2.75, 3.05) is 11.9 Å². The van der Waals surface area contributed by atoms with E-state index in [1.165, 1.54) is 29.2 Å². The van der Waals surface area contributed by atoms with E-state index in [2.05, 4.69) is 0 Å². The second kappa shape index (κ2) is 5.96. The van der Waals surface area contributed by atoms with Gasteiger partial charge in [0.15, 0.2) is 11.6 Å². The molecule has 0 unspecified atom stereocenters. The number of anilines is 1. The molecule has 2 N–H and O–H groups in total. The van der Waals surface area contributed by atoms with Gasteiger partial charge in [-0.15, -0.1) is 0 Å². The second-order valence-electron chi connectivity index (χ2n) is 4.56. The number of benzene rings is 2. The molecule has 0 spiro atoms. The molecule has 0 fully saturated rings. The largest absolute Gasteiger partial charge is 0.368 e. The van der Waals surface area contributed by atoms with E-state index in [0.29, 0.717) is 5.56 Å². The van der Waals surface area contributed by atoms with Gasteiger partial charge in [-0.1, -0.05) is 18.2 Å². The van der Waals surface area contributed by atoms with Gasteiger partial charge < -0.3 is 10.6 Å². The molecule has 20 heavy (non-hydrogen) atoms. The molecule has 0 amide bonds. The Morgan fingerprint density at radius 2 is 1.80 bits per heavy atom. The monoisotopic (exact) mass is 280 g/mol. The first kappa shape index (κ1) is 14.4. The van der Waals surface area contributed by atoms with Crippen LogP contribution in [-0.2, 0) is 13.1 Å². The highest BCUT2D eigenvalue weighted by Crippen LogP contribution is 2.24. The normalized spacial score (nSPS) is 10.7. The quantitative estimate of drug-likeness (QED) is 0.932. The van der Waals surface area contributed by atoms with Gasteiger partial charge in [0, 0.05) is 25.7 Å². The van der Waals surface area contributed by atoms with Gasteiger partial charge >= 0.3 is 0 Å². The first-order valence-electron chi connectivity index (χ1n) is 6.15. The Hall–Kier alpha value is -2.01. The maximum absolute atomic E-state index is 13.9. The minimum atomic E-state index is -0.938. The van der Waals surface area contributed by atoms with Crippen LogP contribution in [-0.4, -0.2) is 7.05 Å². The van der Waals surface area contributed by atoms with Crippen molar-refractivity contribution in [3.8, 4) is 0 Å². The van der Waals surface area contributed by atoms with Crippen LogP contribution in [0.25, 0.3) is 0 Å². The van der Waals surface area contributed by atoms with Gasteiger partial charge in [-0.05, 0) is 23.8 Å². The summed E-state index contributed by atoms with van der Waals surface area (Å²) in [7, 11) is 1.62. The number of nitrogens with two attached hydrogens (primary N) is 1. The Balaban J connectivity index is 2.25. The Labute approximate surface area is 115 Å². The summed E-state index contributed by atoms with van der Waals surface area (Å²) in [4.78, 5) is 1.52. The average molecular weight is 280 g/mol. The Morgan fingerprint density at radius 3 is 2.45 bits per heavy atom. The van der Waals surface area contributed by atoms with Crippen LogP contribution in [0.1, 0.15) is 11.1 Å². The minimum absolute atomic E-state index is 0.0589. The van der Waals surface area contributed by atoms with E-state index in [1.807, 2.05) is 0 Å².